The molecule has 9 heteroatoms. The summed E-state index contributed by atoms with van der Waals surface area (Å²) in [5, 5.41) is 3.90. The van der Waals surface area contributed by atoms with Crippen molar-refractivity contribution in [2.75, 3.05) is 11.9 Å². The van der Waals surface area contributed by atoms with Crippen LogP contribution in [0.5, 0.6) is 0 Å². The van der Waals surface area contributed by atoms with Crippen LogP contribution in [0.4, 0.5) is 10.1 Å². The van der Waals surface area contributed by atoms with E-state index in [0.29, 0.717) is 16.9 Å². The van der Waals surface area contributed by atoms with Crippen LogP contribution < -0.4 is 4.90 Å². The standard InChI is InChI=1S/C28H25FN4O4/c1-18(25-13-6-7-14-30-25)32(3)28(36)26-16-22(37-31-26)17-33(21-10-8-9-20(15-21)19(2)34)27(35)23-11-4-5-12-24(23)29/h4-16,18H,17H2,1-3H3. The molecule has 0 radical (unpaired) electrons. The van der Waals surface area contributed by atoms with Crippen molar-refractivity contribution in [2.45, 2.75) is 26.4 Å². The molecule has 0 aliphatic heterocycles. The highest BCUT2D eigenvalue weighted by atomic mass is 19.1. The Hall–Kier alpha value is -4.66. The number of ketones is 1. The Morgan fingerprint density at radius 3 is 2.43 bits per heavy atom. The molecule has 2 aromatic carbocycles. The van der Waals surface area contributed by atoms with Crippen LogP contribution in [0.15, 0.2) is 83.5 Å². The van der Waals surface area contributed by atoms with Gasteiger partial charge in [-0.15, -0.1) is 0 Å². The summed E-state index contributed by atoms with van der Waals surface area (Å²) in [4.78, 5) is 45.5. The molecule has 0 fully saturated rings. The Balaban J connectivity index is 1.62. The second-order valence-electron chi connectivity index (χ2n) is 8.50. The van der Waals surface area contributed by atoms with Crippen molar-refractivity contribution in [2.24, 2.45) is 0 Å². The minimum Gasteiger partial charge on any atom is -0.359 e. The smallest absolute Gasteiger partial charge is 0.276 e. The van der Waals surface area contributed by atoms with Crippen LogP contribution in [0, 0.1) is 5.82 Å². The van der Waals surface area contributed by atoms with E-state index in [1.807, 2.05) is 19.1 Å². The maximum Gasteiger partial charge on any atom is 0.276 e. The molecule has 2 heterocycles. The van der Waals surface area contributed by atoms with Gasteiger partial charge in [-0.25, -0.2) is 4.39 Å². The molecule has 188 valence electrons. The van der Waals surface area contributed by atoms with Crippen LogP contribution in [-0.4, -0.2) is 39.7 Å². The van der Waals surface area contributed by atoms with Crippen molar-refractivity contribution < 1.29 is 23.3 Å². The molecule has 4 aromatic rings. The number of anilines is 1. The van der Waals surface area contributed by atoms with Crippen LogP contribution >= 0.6 is 0 Å². The third-order valence-corrected chi connectivity index (χ3v) is 6.02. The van der Waals surface area contributed by atoms with Crippen molar-refractivity contribution >= 4 is 23.3 Å². The minimum atomic E-state index is -0.682. The zero-order valence-corrected chi connectivity index (χ0v) is 20.6. The van der Waals surface area contributed by atoms with Crippen molar-refractivity contribution in [3.05, 3.63) is 113 Å². The van der Waals surface area contributed by atoms with Gasteiger partial charge >= 0.3 is 0 Å². The van der Waals surface area contributed by atoms with E-state index in [2.05, 4.69) is 10.1 Å². The van der Waals surface area contributed by atoms with E-state index in [1.54, 1.807) is 49.6 Å². The summed E-state index contributed by atoms with van der Waals surface area (Å²) in [5.74, 6) is -1.68. The van der Waals surface area contributed by atoms with Gasteiger partial charge in [0.1, 0.15) is 5.82 Å². The van der Waals surface area contributed by atoms with Crippen LogP contribution in [0.1, 0.15) is 62.5 Å². The van der Waals surface area contributed by atoms with Crippen molar-refractivity contribution in [1.82, 2.24) is 15.0 Å². The van der Waals surface area contributed by atoms with E-state index in [1.165, 1.54) is 41.0 Å². The first-order valence-electron chi connectivity index (χ1n) is 11.6. The number of amides is 2. The van der Waals surface area contributed by atoms with Gasteiger partial charge in [-0.2, -0.15) is 0 Å². The molecule has 4 rings (SSSR count). The molecule has 2 aromatic heterocycles. The number of hydrogen-bond acceptors (Lipinski definition) is 6. The number of carbonyl (C=O) groups is 3. The maximum absolute atomic E-state index is 14.5. The van der Waals surface area contributed by atoms with Gasteiger partial charge in [0.2, 0.25) is 0 Å². The predicted molar refractivity (Wildman–Crippen MR) is 135 cm³/mol. The van der Waals surface area contributed by atoms with Crippen LogP contribution in [-0.2, 0) is 6.54 Å². The molecule has 0 spiro atoms. The summed E-state index contributed by atoms with van der Waals surface area (Å²) < 4.78 is 19.9. The largest absolute Gasteiger partial charge is 0.359 e. The van der Waals surface area contributed by atoms with E-state index in [0.717, 1.165) is 0 Å². The third kappa shape index (κ3) is 5.61. The highest BCUT2D eigenvalue weighted by Gasteiger charge is 2.26. The SMILES string of the molecule is CC(=O)c1cccc(N(Cc2cc(C(=O)N(C)C(C)c3ccccn3)no2)C(=O)c2ccccc2F)c1. The van der Waals surface area contributed by atoms with E-state index >= 15 is 0 Å². The molecular formula is C28H25FN4O4. The Labute approximate surface area is 213 Å². The lowest BCUT2D eigenvalue weighted by Crippen LogP contribution is -2.31. The van der Waals surface area contributed by atoms with Crippen molar-refractivity contribution in [1.29, 1.82) is 0 Å². The van der Waals surface area contributed by atoms with Crippen molar-refractivity contribution in [3.63, 3.8) is 0 Å². The summed E-state index contributed by atoms with van der Waals surface area (Å²) in [5.41, 5.74) is 1.38. The van der Waals surface area contributed by atoms with Crippen LogP contribution in [0.3, 0.4) is 0 Å². The Bertz CT molecular complexity index is 1440. The zero-order chi connectivity index (χ0) is 26.5. The van der Waals surface area contributed by atoms with Crippen LogP contribution in [0.2, 0.25) is 0 Å². The molecular weight excluding hydrogens is 475 g/mol. The number of halogens is 1. The zero-order valence-electron chi connectivity index (χ0n) is 20.6. The van der Waals surface area contributed by atoms with Crippen LogP contribution in [0.25, 0.3) is 0 Å². The quantitative estimate of drug-likeness (QED) is 0.313. The Morgan fingerprint density at radius 1 is 0.973 bits per heavy atom. The topological polar surface area (TPSA) is 96.6 Å². The number of carbonyl (C=O) groups excluding carboxylic acids is 3. The highest BCUT2D eigenvalue weighted by Crippen LogP contribution is 2.24. The monoisotopic (exact) mass is 500 g/mol. The lowest BCUT2D eigenvalue weighted by molar-refractivity contribution is 0.0728. The number of aromatic nitrogens is 2. The highest BCUT2D eigenvalue weighted by molar-refractivity contribution is 6.07. The van der Waals surface area contributed by atoms with Gasteiger partial charge in [0, 0.05) is 30.6 Å². The molecule has 0 saturated carbocycles. The van der Waals surface area contributed by atoms with E-state index in [-0.39, 0.29) is 35.4 Å². The van der Waals surface area contributed by atoms with Gasteiger partial charge < -0.3 is 14.3 Å². The predicted octanol–water partition coefficient (Wildman–Crippen LogP) is 5.09. The summed E-state index contributed by atoms with van der Waals surface area (Å²) in [6.45, 7) is 3.12. The van der Waals surface area contributed by atoms with E-state index < -0.39 is 17.6 Å². The Morgan fingerprint density at radius 2 is 1.73 bits per heavy atom. The van der Waals surface area contributed by atoms with Gasteiger partial charge in [-0.3, -0.25) is 19.4 Å². The van der Waals surface area contributed by atoms with Gasteiger partial charge in [-0.1, -0.05) is 35.5 Å². The summed E-state index contributed by atoms with van der Waals surface area (Å²) in [6.07, 6.45) is 1.65. The molecule has 37 heavy (non-hydrogen) atoms. The summed E-state index contributed by atoms with van der Waals surface area (Å²) in [6, 6.07) is 18.7. The molecule has 0 saturated heterocycles. The van der Waals surface area contributed by atoms with E-state index in [9.17, 15) is 18.8 Å². The second kappa shape index (κ2) is 10.9. The molecule has 8 nitrogen and oxygen atoms in total. The van der Waals surface area contributed by atoms with Crippen molar-refractivity contribution in [3.8, 4) is 0 Å². The number of hydrogen-bond donors (Lipinski definition) is 0. The second-order valence-corrected chi connectivity index (χ2v) is 8.50. The maximum atomic E-state index is 14.5. The summed E-state index contributed by atoms with van der Waals surface area (Å²) in [7, 11) is 1.64. The molecule has 0 bridgehead atoms. The van der Waals surface area contributed by atoms with Gasteiger partial charge in [-0.05, 0) is 50.2 Å². The number of benzene rings is 2. The molecule has 1 unspecified atom stereocenters. The van der Waals surface area contributed by atoms with Gasteiger partial charge in [0.15, 0.2) is 17.2 Å². The first kappa shape index (κ1) is 25.4. The molecule has 0 aliphatic rings. The summed E-state index contributed by atoms with van der Waals surface area (Å²) >= 11 is 0. The molecule has 1 atom stereocenters. The number of nitrogens with zero attached hydrogens (tertiary/aromatic N) is 4. The normalized spacial score (nSPS) is 11.6. The fourth-order valence-corrected chi connectivity index (χ4v) is 3.78. The average Bonchev–Trinajstić information content (AvgIpc) is 3.39. The fraction of sp³-hybridized carbons (Fsp3) is 0.179. The first-order chi connectivity index (χ1) is 17.8. The number of pyridine rings is 1. The molecule has 2 amide bonds. The lowest BCUT2D eigenvalue weighted by atomic mass is 10.1. The number of rotatable bonds is 8. The Kier molecular flexibility index (Phi) is 7.52. The van der Waals surface area contributed by atoms with Gasteiger partial charge in [0.05, 0.1) is 23.8 Å². The number of Topliss-reactive ketones (excluding diaryl/α,β-unsaturated/α-hetero) is 1. The lowest BCUT2D eigenvalue weighted by Gasteiger charge is -2.23. The fourth-order valence-electron chi connectivity index (χ4n) is 3.78. The minimum absolute atomic E-state index is 0.0519. The molecule has 0 aliphatic carbocycles. The first-order valence-corrected chi connectivity index (χ1v) is 11.6. The molecule has 0 N–H and O–H groups in total. The van der Waals surface area contributed by atoms with Gasteiger partial charge in [0.25, 0.3) is 11.8 Å². The van der Waals surface area contributed by atoms with E-state index in [4.69, 9.17) is 4.52 Å². The third-order valence-electron chi connectivity index (χ3n) is 6.02. The average molecular weight is 501 g/mol.